The molecule has 3 nitrogen and oxygen atoms in total. The van der Waals surface area contributed by atoms with Gasteiger partial charge in [0.25, 0.3) is 0 Å². The van der Waals surface area contributed by atoms with Crippen LogP contribution in [0.2, 0.25) is 0 Å². The second kappa shape index (κ2) is 7.25. The first-order valence-corrected chi connectivity index (χ1v) is 6.74. The summed E-state index contributed by atoms with van der Waals surface area (Å²) in [6.07, 6.45) is 6.45. The van der Waals surface area contributed by atoms with Crippen LogP contribution in [0.25, 0.3) is 0 Å². The maximum absolute atomic E-state index is 5.75. The van der Waals surface area contributed by atoms with Crippen molar-refractivity contribution < 1.29 is 0 Å². The van der Waals surface area contributed by atoms with Crippen molar-refractivity contribution in [2.75, 3.05) is 33.7 Å². The molecule has 3 heteroatoms. The van der Waals surface area contributed by atoms with E-state index < -0.39 is 0 Å². The van der Waals surface area contributed by atoms with Gasteiger partial charge in [-0.15, -0.1) is 0 Å². The minimum Gasteiger partial charge on any atom is -0.328 e. The van der Waals surface area contributed by atoms with Crippen molar-refractivity contribution in [3.8, 4) is 0 Å². The van der Waals surface area contributed by atoms with Crippen LogP contribution in [0.3, 0.4) is 0 Å². The first-order chi connectivity index (χ1) is 7.59. The van der Waals surface area contributed by atoms with Crippen LogP contribution in [0, 0.1) is 0 Å². The summed E-state index contributed by atoms with van der Waals surface area (Å²) in [6.45, 7) is 5.84. The quantitative estimate of drug-likeness (QED) is 0.699. The molecule has 1 aliphatic rings. The number of hydrogen-bond acceptors (Lipinski definition) is 3. The van der Waals surface area contributed by atoms with Crippen molar-refractivity contribution in [3.63, 3.8) is 0 Å². The van der Waals surface area contributed by atoms with Gasteiger partial charge >= 0.3 is 0 Å². The third kappa shape index (κ3) is 5.28. The van der Waals surface area contributed by atoms with E-state index in [4.69, 9.17) is 5.73 Å². The lowest BCUT2D eigenvalue weighted by molar-refractivity contribution is 0.133. The first kappa shape index (κ1) is 13.9. The van der Waals surface area contributed by atoms with Gasteiger partial charge in [0, 0.05) is 18.6 Å². The Kier molecular flexibility index (Phi) is 6.32. The van der Waals surface area contributed by atoms with Crippen molar-refractivity contribution in [1.82, 2.24) is 9.80 Å². The second-order valence-corrected chi connectivity index (χ2v) is 5.51. The lowest BCUT2D eigenvalue weighted by atomic mass is 10.0. The molecule has 0 aliphatic carbocycles. The fourth-order valence-electron chi connectivity index (χ4n) is 2.51. The highest BCUT2D eigenvalue weighted by Gasteiger charge is 2.20. The summed E-state index contributed by atoms with van der Waals surface area (Å²) in [5.41, 5.74) is 5.75. The Balaban J connectivity index is 2.11. The van der Waals surface area contributed by atoms with E-state index in [1.165, 1.54) is 51.7 Å². The van der Waals surface area contributed by atoms with Gasteiger partial charge in [-0.25, -0.2) is 0 Å². The summed E-state index contributed by atoms with van der Waals surface area (Å²) in [5.74, 6) is 0. The highest BCUT2D eigenvalue weighted by molar-refractivity contribution is 4.77. The van der Waals surface area contributed by atoms with Crippen molar-refractivity contribution >= 4 is 0 Å². The molecule has 0 spiro atoms. The highest BCUT2D eigenvalue weighted by Crippen LogP contribution is 2.14. The van der Waals surface area contributed by atoms with Crippen molar-refractivity contribution in [1.29, 1.82) is 0 Å². The second-order valence-electron chi connectivity index (χ2n) is 5.51. The van der Waals surface area contributed by atoms with Gasteiger partial charge in [-0.05, 0) is 59.8 Å². The number of nitrogens with two attached hydrogens (primary N) is 1. The van der Waals surface area contributed by atoms with Gasteiger partial charge in [-0.1, -0.05) is 6.42 Å². The van der Waals surface area contributed by atoms with Gasteiger partial charge in [-0.3, -0.25) is 0 Å². The molecule has 1 heterocycles. The summed E-state index contributed by atoms with van der Waals surface area (Å²) < 4.78 is 0. The fourth-order valence-corrected chi connectivity index (χ4v) is 2.51. The van der Waals surface area contributed by atoms with E-state index in [9.17, 15) is 0 Å². The molecule has 0 aromatic heterocycles. The minimum atomic E-state index is 0.367. The molecule has 2 unspecified atom stereocenters. The summed E-state index contributed by atoms with van der Waals surface area (Å²) in [6, 6.07) is 1.14. The maximum Gasteiger partial charge on any atom is 0.0220 e. The molecule has 0 aromatic rings. The highest BCUT2D eigenvalue weighted by atomic mass is 15.2. The Morgan fingerprint density at radius 1 is 1.44 bits per heavy atom. The van der Waals surface area contributed by atoms with Crippen LogP contribution in [0.1, 0.15) is 39.0 Å². The predicted octanol–water partition coefficient (Wildman–Crippen LogP) is 1.53. The van der Waals surface area contributed by atoms with Crippen LogP contribution in [-0.4, -0.2) is 55.6 Å². The summed E-state index contributed by atoms with van der Waals surface area (Å²) >= 11 is 0. The van der Waals surface area contributed by atoms with Crippen LogP contribution < -0.4 is 5.73 Å². The zero-order valence-electron chi connectivity index (χ0n) is 11.3. The standard InChI is InChI=1S/C13H29N3/c1-12(14)7-4-5-10-16(3)13-8-6-9-15(2)11-13/h12-13H,4-11,14H2,1-3H3. The number of unbranched alkanes of at least 4 members (excludes halogenated alkanes) is 1. The number of likely N-dealkylation sites (N-methyl/N-ethyl adjacent to an activating group) is 2. The zero-order valence-corrected chi connectivity index (χ0v) is 11.3. The van der Waals surface area contributed by atoms with E-state index in [2.05, 4.69) is 30.8 Å². The fraction of sp³-hybridized carbons (Fsp3) is 1.00. The van der Waals surface area contributed by atoms with E-state index in [1.807, 2.05) is 0 Å². The molecule has 1 fully saturated rings. The van der Waals surface area contributed by atoms with Crippen LogP contribution >= 0.6 is 0 Å². The van der Waals surface area contributed by atoms with Crippen molar-refractivity contribution in [2.45, 2.75) is 51.1 Å². The molecule has 2 N–H and O–H groups in total. The molecule has 1 aliphatic heterocycles. The van der Waals surface area contributed by atoms with Crippen LogP contribution in [0.15, 0.2) is 0 Å². The third-order valence-electron chi connectivity index (χ3n) is 3.64. The summed E-state index contributed by atoms with van der Waals surface area (Å²) in [4.78, 5) is 4.99. The summed E-state index contributed by atoms with van der Waals surface area (Å²) in [5, 5.41) is 0. The lowest BCUT2D eigenvalue weighted by Gasteiger charge is -2.35. The van der Waals surface area contributed by atoms with Crippen LogP contribution in [0.4, 0.5) is 0 Å². The molecule has 0 saturated carbocycles. The number of piperidine rings is 1. The number of rotatable bonds is 6. The Labute approximate surface area is 101 Å². The van der Waals surface area contributed by atoms with Gasteiger partial charge in [-0.2, -0.15) is 0 Å². The molecule has 1 saturated heterocycles. The Morgan fingerprint density at radius 2 is 2.19 bits per heavy atom. The normalized spacial score (nSPS) is 24.9. The Bertz CT molecular complexity index is 182. The average Bonchev–Trinajstić information content (AvgIpc) is 2.24. The maximum atomic E-state index is 5.75. The minimum absolute atomic E-state index is 0.367. The van der Waals surface area contributed by atoms with E-state index in [1.54, 1.807) is 0 Å². The average molecular weight is 227 g/mol. The topological polar surface area (TPSA) is 32.5 Å². The lowest BCUT2D eigenvalue weighted by Crippen LogP contribution is -2.45. The Hall–Kier alpha value is -0.120. The SMILES string of the molecule is CC(N)CCCCN(C)C1CCCN(C)C1. The smallest absolute Gasteiger partial charge is 0.0220 e. The largest absolute Gasteiger partial charge is 0.328 e. The van der Waals surface area contributed by atoms with E-state index in [-0.39, 0.29) is 0 Å². The number of likely N-dealkylation sites (tertiary alicyclic amines) is 1. The van der Waals surface area contributed by atoms with Gasteiger partial charge < -0.3 is 15.5 Å². The monoisotopic (exact) mass is 227 g/mol. The molecule has 1 rings (SSSR count). The summed E-state index contributed by atoms with van der Waals surface area (Å²) in [7, 11) is 4.51. The van der Waals surface area contributed by atoms with Crippen LogP contribution in [0.5, 0.6) is 0 Å². The molecule has 16 heavy (non-hydrogen) atoms. The van der Waals surface area contributed by atoms with Gasteiger partial charge in [0.1, 0.15) is 0 Å². The van der Waals surface area contributed by atoms with Crippen molar-refractivity contribution in [3.05, 3.63) is 0 Å². The Morgan fingerprint density at radius 3 is 2.81 bits per heavy atom. The van der Waals surface area contributed by atoms with Gasteiger partial charge in [0.05, 0.1) is 0 Å². The molecule has 0 radical (unpaired) electrons. The number of nitrogens with zero attached hydrogens (tertiary/aromatic N) is 2. The first-order valence-electron chi connectivity index (χ1n) is 6.74. The van der Waals surface area contributed by atoms with E-state index in [0.717, 1.165) is 6.04 Å². The molecule has 0 bridgehead atoms. The van der Waals surface area contributed by atoms with Gasteiger partial charge in [0.2, 0.25) is 0 Å². The van der Waals surface area contributed by atoms with Crippen molar-refractivity contribution in [2.24, 2.45) is 5.73 Å². The van der Waals surface area contributed by atoms with E-state index >= 15 is 0 Å². The molecular weight excluding hydrogens is 198 g/mol. The number of hydrogen-bond donors (Lipinski definition) is 1. The van der Waals surface area contributed by atoms with Gasteiger partial charge in [0.15, 0.2) is 0 Å². The zero-order chi connectivity index (χ0) is 12.0. The van der Waals surface area contributed by atoms with E-state index in [0.29, 0.717) is 6.04 Å². The molecule has 0 amide bonds. The predicted molar refractivity (Wildman–Crippen MR) is 70.6 cm³/mol. The molecule has 0 aromatic carbocycles. The molecule has 2 atom stereocenters. The van der Waals surface area contributed by atoms with Crippen LogP contribution in [-0.2, 0) is 0 Å². The molecule has 96 valence electrons. The third-order valence-corrected chi connectivity index (χ3v) is 3.64. The molecular formula is C13H29N3.